The number of likely N-dealkylation sites (tertiary alicyclic amines) is 1. The molecule has 0 aromatic heterocycles. The van der Waals surface area contributed by atoms with E-state index in [4.69, 9.17) is 20.9 Å². The SMILES string of the molecule is CCCCC/C=C\C/C=C\CCCCCCCCOCC1CN(C(=O)[C@@H](N)CCCN)C[C@H]1COCCCCCCCC/C=C\C/C=C\CCCCC. The molecule has 6 heteroatoms. The molecule has 1 saturated heterocycles. The average Bonchev–Trinajstić information content (AvgIpc) is 3.58. The molecule has 0 saturated carbocycles. The van der Waals surface area contributed by atoms with Gasteiger partial charge in [0, 0.05) is 38.1 Å². The summed E-state index contributed by atoms with van der Waals surface area (Å²) in [4.78, 5) is 15.1. The van der Waals surface area contributed by atoms with E-state index >= 15 is 0 Å². The molecule has 1 heterocycles. The smallest absolute Gasteiger partial charge is 0.239 e. The number of hydrogen-bond donors (Lipinski definition) is 2. The van der Waals surface area contributed by atoms with Crippen LogP contribution in [-0.4, -0.2) is 62.9 Å². The van der Waals surface area contributed by atoms with Crippen LogP contribution in [0.25, 0.3) is 0 Å². The van der Waals surface area contributed by atoms with Crippen LogP contribution < -0.4 is 11.5 Å². The fourth-order valence-electron chi connectivity index (χ4n) is 7.05. The molecule has 0 aromatic carbocycles. The number of unbranched alkanes of at least 4 members (excludes halogenated alkanes) is 18. The Bertz CT molecular complexity index is 857. The van der Waals surface area contributed by atoms with Crippen LogP contribution in [0.2, 0.25) is 0 Å². The second-order valence-corrected chi connectivity index (χ2v) is 15.6. The summed E-state index contributed by atoms with van der Waals surface area (Å²) in [6.45, 7) is 9.52. The third-order valence-corrected chi connectivity index (χ3v) is 10.6. The van der Waals surface area contributed by atoms with Crippen LogP contribution in [-0.2, 0) is 14.3 Å². The molecule has 308 valence electrons. The number of hydrogen-bond acceptors (Lipinski definition) is 5. The van der Waals surface area contributed by atoms with E-state index < -0.39 is 6.04 Å². The minimum absolute atomic E-state index is 0.0567. The van der Waals surface area contributed by atoms with Crippen molar-refractivity contribution >= 4 is 5.91 Å². The topological polar surface area (TPSA) is 90.8 Å². The quantitative estimate of drug-likeness (QED) is 0.0486. The number of rotatable bonds is 38. The largest absolute Gasteiger partial charge is 0.381 e. The molecule has 0 radical (unpaired) electrons. The highest BCUT2D eigenvalue weighted by Gasteiger charge is 2.36. The summed E-state index contributed by atoms with van der Waals surface area (Å²) < 4.78 is 12.4. The van der Waals surface area contributed by atoms with E-state index in [0.29, 0.717) is 38.0 Å². The minimum atomic E-state index is -0.462. The van der Waals surface area contributed by atoms with Gasteiger partial charge in [-0.3, -0.25) is 4.79 Å². The van der Waals surface area contributed by atoms with Gasteiger partial charge in [-0.05, 0) is 96.4 Å². The number of nitrogens with two attached hydrogens (primary N) is 2. The normalized spacial score (nSPS) is 17.2. The van der Waals surface area contributed by atoms with Crippen molar-refractivity contribution in [3.05, 3.63) is 48.6 Å². The Balaban J connectivity index is 2.18. The third kappa shape index (κ3) is 30.2. The molecule has 0 aromatic rings. The number of nitrogens with zero attached hydrogens (tertiary/aromatic N) is 1. The lowest BCUT2D eigenvalue weighted by molar-refractivity contribution is -0.132. The molecule has 1 amide bonds. The van der Waals surface area contributed by atoms with Gasteiger partial charge in [0.1, 0.15) is 0 Å². The number of carbonyl (C=O) groups is 1. The molecule has 0 aliphatic carbocycles. The van der Waals surface area contributed by atoms with E-state index in [9.17, 15) is 4.79 Å². The molecule has 4 N–H and O–H groups in total. The molecule has 1 unspecified atom stereocenters. The molecule has 1 aliphatic heterocycles. The first-order valence-electron chi connectivity index (χ1n) is 22.6. The van der Waals surface area contributed by atoms with Crippen molar-refractivity contribution in [2.45, 2.75) is 187 Å². The molecule has 1 fully saturated rings. The number of allylic oxidation sites excluding steroid dienone is 8. The lowest BCUT2D eigenvalue weighted by Crippen LogP contribution is -2.43. The van der Waals surface area contributed by atoms with Gasteiger partial charge in [-0.2, -0.15) is 0 Å². The van der Waals surface area contributed by atoms with Gasteiger partial charge >= 0.3 is 0 Å². The summed E-state index contributed by atoms with van der Waals surface area (Å²) in [7, 11) is 0. The summed E-state index contributed by atoms with van der Waals surface area (Å²) in [6.07, 6.45) is 50.1. The van der Waals surface area contributed by atoms with Gasteiger partial charge < -0.3 is 25.8 Å². The fraction of sp³-hybridized carbons (Fsp3) is 0.809. The molecule has 3 atom stereocenters. The predicted octanol–water partition coefficient (Wildman–Crippen LogP) is 11.8. The minimum Gasteiger partial charge on any atom is -0.381 e. The third-order valence-electron chi connectivity index (χ3n) is 10.6. The Hall–Kier alpha value is -1.73. The van der Waals surface area contributed by atoms with Gasteiger partial charge in [-0.25, -0.2) is 0 Å². The van der Waals surface area contributed by atoms with Gasteiger partial charge in [0.25, 0.3) is 0 Å². The van der Waals surface area contributed by atoms with E-state index in [-0.39, 0.29) is 5.91 Å². The van der Waals surface area contributed by atoms with E-state index in [0.717, 1.165) is 58.4 Å². The maximum atomic E-state index is 13.1. The van der Waals surface area contributed by atoms with Crippen LogP contribution in [0.5, 0.6) is 0 Å². The van der Waals surface area contributed by atoms with Crippen molar-refractivity contribution in [2.24, 2.45) is 23.3 Å². The lowest BCUT2D eigenvalue weighted by atomic mass is 9.98. The van der Waals surface area contributed by atoms with E-state index in [1.165, 1.54) is 128 Å². The molecule has 6 nitrogen and oxygen atoms in total. The molecule has 0 bridgehead atoms. The summed E-state index contributed by atoms with van der Waals surface area (Å²) in [5, 5.41) is 0. The second-order valence-electron chi connectivity index (χ2n) is 15.6. The molecule has 1 aliphatic rings. The summed E-state index contributed by atoms with van der Waals surface area (Å²) in [6, 6.07) is -0.462. The fourth-order valence-corrected chi connectivity index (χ4v) is 7.05. The highest BCUT2D eigenvalue weighted by Crippen LogP contribution is 2.26. The Labute approximate surface area is 329 Å². The van der Waals surface area contributed by atoms with Crippen molar-refractivity contribution < 1.29 is 14.3 Å². The zero-order valence-corrected chi connectivity index (χ0v) is 35.0. The number of amides is 1. The monoisotopic (exact) mass is 742 g/mol. The molecular formula is C47H87N3O3. The van der Waals surface area contributed by atoms with Crippen molar-refractivity contribution in [3.63, 3.8) is 0 Å². The van der Waals surface area contributed by atoms with E-state index in [2.05, 4.69) is 62.5 Å². The van der Waals surface area contributed by atoms with Gasteiger partial charge in [0.05, 0.1) is 19.3 Å². The first-order valence-corrected chi connectivity index (χ1v) is 22.6. The van der Waals surface area contributed by atoms with Crippen LogP contribution in [0.1, 0.15) is 181 Å². The average molecular weight is 742 g/mol. The van der Waals surface area contributed by atoms with Crippen LogP contribution in [0.4, 0.5) is 0 Å². The van der Waals surface area contributed by atoms with E-state index in [1.54, 1.807) is 0 Å². The number of carbonyl (C=O) groups excluding carboxylic acids is 1. The first-order chi connectivity index (χ1) is 26.1. The van der Waals surface area contributed by atoms with E-state index in [1.807, 2.05) is 4.90 Å². The summed E-state index contributed by atoms with van der Waals surface area (Å²) in [5.41, 5.74) is 11.9. The maximum Gasteiger partial charge on any atom is 0.239 e. The highest BCUT2D eigenvalue weighted by atomic mass is 16.5. The highest BCUT2D eigenvalue weighted by molar-refractivity contribution is 5.81. The van der Waals surface area contributed by atoms with Gasteiger partial charge in [0.15, 0.2) is 0 Å². The summed E-state index contributed by atoms with van der Waals surface area (Å²) >= 11 is 0. The molecule has 1 rings (SSSR count). The van der Waals surface area contributed by atoms with Crippen molar-refractivity contribution in [2.75, 3.05) is 46.1 Å². The van der Waals surface area contributed by atoms with Crippen LogP contribution in [0.3, 0.4) is 0 Å². The Morgan fingerprint density at radius 3 is 1.34 bits per heavy atom. The van der Waals surface area contributed by atoms with Gasteiger partial charge in [-0.15, -0.1) is 0 Å². The summed E-state index contributed by atoms with van der Waals surface area (Å²) in [5.74, 6) is 0.670. The predicted molar refractivity (Wildman–Crippen MR) is 230 cm³/mol. The maximum absolute atomic E-state index is 13.1. The van der Waals surface area contributed by atoms with Crippen LogP contribution in [0.15, 0.2) is 48.6 Å². The Morgan fingerprint density at radius 1 is 0.566 bits per heavy atom. The van der Waals surface area contributed by atoms with Crippen LogP contribution >= 0.6 is 0 Å². The van der Waals surface area contributed by atoms with Crippen molar-refractivity contribution in [1.82, 2.24) is 4.90 Å². The second kappa shape index (κ2) is 38.5. The zero-order chi connectivity index (χ0) is 38.3. The molecule has 53 heavy (non-hydrogen) atoms. The van der Waals surface area contributed by atoms with Gasteiger partial charge in [-0.1, -0.05) is 140 Å². The molecular weight excluding hydrogens is 655 g/mol. The zero-order valence-electron chi connectivity index (χ0n) is 35.0. The first kappa shape index (κ1) is 49.3. The van der Waals surface area contributed by atoms with Crippen LogP contribution in [0, 0.1) is 11.8 Å². The lowest BCUT2D eigenvalue weighted by Gasteiger charge is -2.21. The van der Waals surface area contributed by atoms with Crippen molar-refractivity contribution in [3.8, 4) is 0 Å². The molecule has 0 spiro atoms. The van der Waals surface area contributed by atoms with Gasteiger partial charge in [0.2, 0.25) is 5.91 Å². The van der Waals surface area contributed by atoms with Crippen molar-refractivity contribution in [1.29, 1.82) is 0 Å². The Morgan fingerprint density at radius 2 is 0.943 bits per heavy atom. The Kier molecular flexibility index (Phi) is 35.8. The number of ether oxygens (including phenoxy) is 2. The standard InChI is InChI=1S/C47H87N3O3/c1-3-5-7-9-11-13-15-17-19-21-23-25-27-29-31-33-38-52-42-44-40-50(47(51)46(49)36-35-37-48)41-45(44)43-53-39-34-32-30-28-26-24-22-20-18-16-14-12-10-8-6-4-2/h11-14,17-20,44-46H,3-10,15-16,21-43,48-49H2,1-2H3/b13-11-,14-12-,19-17-,20-18-/t44-,45?,46-/m0/s1.